The van der Waals surface area contributed by atoms with Gasteiger partial charge in [-0.05, 0) is 31.4 Å². The molecule has 0 aliphatic carbocycles. The van der Waals surface area contributed by atoms with Crippen LogP contribution in [0, 0.1) is 0 Å². The maximum absolute atomic E-state index is 11.6. The number of thiazole rings is 1. The molecule has 1 aliphatic rings. The molecule has 2 aromatic rings. The highest BCUT2D eigenvalue weighted by Gasteiger charge is 2.21. The minimum Gasteiger partial charge on any atom is -0.364 e. The fraction of sp³-hybridized carbons (Fsp3) is 0.400. The quantitative estimate of drug-likeness (QED) is 0.703. The summed E-state index contributed by atoms with van der Waals surface area (Å²) in [5.74, 6) is 0.154. The lowest BCUT2D eigenvalue weighted by Gasteiger charge is -2.25. The molecular weight excluding hydrogens is 376 g/mol. The Morgan fingerprint density at radius 2 is 1.92 bits per heavy atom. The van der Waals surface area contributed by atoms with Crippen molar-refractivity contribution in [3.63, 3.8) is 0 Å². The number of nitrogens with two attached hydrogens (primary N) is 2. The predicted molar refractivity (Wildman–Crippen MR) is 103 cm³/mol. The van der Waals surface area contributed by atoms with E-state index in [2.05, 4.69) is 25.3 Å². The molecule has 5 N–H and O–H groups in total. The van der Waals surface area contributed by atoms with Gasteiger partial charge < -0.3 is 16.0 Å². The molecule has 142 valence electrons. The third-order valence-electron chi connectivity index (χ3n) is 3.38. The van der Waals surface area contributed by atoms with Crippen LogP contribution in [-0.4, -0.2) is 43.6 Å². The molecule has 0 saturated carbocycles. The van der Waals surface area contributed by atoms with Crippen LogP contribution in [-0.2, 0) is 10.0 Å². The number of nitrogens with one attached hydrogen (secondary N) is 1. The molecule has 0 radical (unpaired) electrons. The minimum absolute atomic E-state index is 0.284. The van der Waals surface area contributed by atoms with Gasteiger partial charge in [0.25, 0.3) is 5.91 Å². The highest BCUT2D eigenvalue weighted by molar-refractivity contribution is 7.88. The number of carbonyl (C=O) groups excluding carboxylic acids is 1. The van der Waals surface area contributed by atoms with Gasteiger partial charge in [0.15, 0.2) is 10.8 Å². The Morgan fingerprint density at radius 1 is 1.27 bits per heavy atom. The Balaban J connectivity index is 0.000000431. The molecule has 0 spiro atoms. The number of primary sulfonamides is 1. The third kappa shape index (κ3) is 6.58. The van der Waals surface area contributed by atoms with Crippen molar-refractivity contribution in [3.05, 3.63) is 30.1 Å². The van der Waals surface area contributed by atoms with Crippen LogP contribution >= 0.6 is 11.3 Å². The Morgan fingerprint density at radius 3 is 2.46 bits per heavy atom. The summed E-state index contributed by atoms with van der Waals surface area (Å²) < 4.78 is 18.8. The monoisotopic (exact) mass is 398 g/mol. The molecule has 11 heteroatoms. The van der Waals surface area contributed by atoms with Crippen molar-refractivity contribution in [3.8, 4) is 0 Å². The lowest BCUT2D eigenvalue weighted by atomic mass is 10.1. The smallest absolute Gasteiger partial charge is 0.270 e. The molecule has 0 bridgehead atoms. The van der Waals surface area contributed by atoms with Crippen LogP contribution in [0.4, 0.5) is 16.0 Å². The number of hydrogen-bond donors (Lipinski definition) is 3. The van der Waals surface area contributed by atoms with E-state index in [1.54, 1.807) is 6.20 Å². The van der Waals surface area contributed by atoms with Crippen molar-refractivity contribution in [2.75, 3.05) is 29.6 Å². The molecule has 0 unspecified atom stereocenters. The average molecular weight is 399 g/mol. The number of pyridine rings is 1. The van der Waals surface area contributed by atoms with Crippen molar-refractivity contribution < 1.29 is 13.2 Å². The highest BCUT2D eigenvalue weighted by Crippen LogP contribution is 2.33. The molecule has 9 nitrogen and oxygen atoms in total. The highest BCUT2D eigenvalue weighted by atomic mass is 32.2. The Kier molecular flexibility index (Phi) is 6.89. The van der Waals surface area contributed by atoms with Gasteiger partial charge in [0.2, 0.25) is 10.0 Å². The molecule has 0 atom stereocenters. The second kappa shape index (κ2) is 8.92. The normalized spacial score (nSPS) is 14.3. The van der Waals surface area contributed by atoms with Gasteiger partial charge in [0, 0.05) is 19.3 Å². The van der Waals surface area contributed by atoms with Gasteiger partial charge >= 0.3 is 0 Å². The van der Waals surface area contributed by atoms with Crippen molar-refractivity contribution in [1.29, 1.82) is 0 Å². The topological polar surface area (TPSA) is 144 Å². The largest absolute Gasteiger partial charge is 0.364 e. The van der Waals surface area contributed by atoms with Crippen LogP contribution in [0.5, 0.6) is 0 Å². The molecule has 3 rings (SSSR count). The van der Waals surface area contributed by atoms with Crippen molar-refractivity contribution in [1.82, 2.24) is 9.97 Å². The summed E-state index contributed by atoms with van der Waals surface area (Å²) in [5.41, 5.74) is 5.72. The van der Waals surface area contributed by atoms with E-state index in [9.17, 15) is 13.2 Å². The molecule has 2 aromatic heterocycles. The number of piperidine rings is 1. The van der Waals surface area contributed by atoms with Crippen LogP contribution in [0.1, 0.15) is 29.8 Å². The number of carbonyl (C=O) groups is 1. The van der Waals surface area contributed by atoms with E-state index in [0.717, 1.165) is 37.3 Å². The number of rotatable bonds is 4. The molecule has 0 aromatic carbocycles. The standard InChI is InChI=1S/C14H17N5OS.CH5NO2S/c15-12(20)11-13(17-10-6-2-3-7-16-10)21-14(18-11)19-8-4-1-5-9-19;1-5(2,3)4/h2-3,6-7H,1,4-5,8-9H2,(H2,15,20)(H,16,17);1H3,(H2,2,3,4). The van der Waals surface area contributed by atoms with Crippen molar-refractivity contribution in [2.24, 2.45) is 10.9 Å². The van der Waals surface area contributed by atoms with Gasteiger partial charge in [-0.15, -0.1) is 0 Å². The molecule has 1 aliphatic heterocycles. The number of primary amides is 1. The number of anilines is 3. The number of nitrogens with zero attached hydrogens (tertiary/aromatic N) is 3. The fourth-order valence-electron chi connectivity index (χ4n) is 2.33. The van der Waals surface area contributed by atoms with Crippen LogP contribution in [0.15, 0.2) is 24.4 Å². The van der Waals surface area contributed by atoms with Crippen LogP contribution in [0.2, 0.25) is 0 Å². The second-order valence-electron chi connectivity index (χ2n) is 5.76. The van der Waals surface area contributed by atoms with Gasteiger partial charge in [-0.2, -0.15) is 0 Å². The molecule has 26 heavy (non-hydrogen) atoms. The van der Waals surface area contributed by atoms with Gasteiger partial charge in [0.05, 0.1) is 6.26 Å². The van der Waals surface area contributed by atoms with Crippen LogP contribution in [0.25, 0.3) is 0 Å². The van der Waals surface area contributed by atoms with Crippen LogP contribution in [0.3, 0.4) is 0 Å². The maximum Gasteiger partial charge on any atom is 0.270 e. The first-order valence-electron chi connectivity index (χ1n) is 7.95. The first-order valence-corrected chi connectivity index (χ1v) is 10.7. The zero-order valence-electron chi connectivity index (χ0n) is 14.4. The Labute approximate surface area is 156 Å². The first kappa shape index (κ1) is 20.1. The van der Waals surface area contributed by atoms with Crippen LogP contribution < -0.4 is 21.1 Å². The number of hydrogen-bond acceptors (Lipinski definition) is 8. The summed E-state index contributed by atoms with van der Waals surface area (Å²) >= 11 is 1.45. The number of aromatic nitrogens is 2. The summed E-state index contributed by atoms with van der Waals surface area (Å²) in [6.07, 6.45) is 6.21. The lowest BCUT2D eigenvalue weighted by Crippen LogP contribution is -2.29. The summed E-state index contributed by atoms with van der Waals surface area (Å²) in [6, 6.07) is 5.56. The van der Waals surface area contributed by atoms with E-state index in [0.29, 0.717) is 10.8 Å². The lowest BCUT2D eigenvalue weighted by molar-refractivity contribution is 0.0997. The van der Waals surface area contributed by atoms with E-state index >= 15 is 0 Å². The van der Waals surface area contributed by atoms with E-state index in [1.807, 2.05) is 18.2 Å². The van der Waals surface area contributed by atoms with E-state index in [-0.39, 0.29) is 5.69 Å². The first-order chi connectivity index (χ1) is 12.2. The van der Waals surface area contributed by atoms with Gasteiger partial charge in [0.1, 0.15) is 10.8 Å². The average Bonchev–Trinajstić information content (AvgIpc) is 2.99. The maximum atomic E-state index is 11.6. The molecule has 1 fully saturated rings. The van der Waals surface area contributed by atoms with E-state index in [4.69, 9.17) is 5.73 Å². The van der Waals surface area contributed by atoms with Gasteiger partial charge in [-0.3, -0.25) is 4.79 Å². The summed E-state index contributed by atoms with van der Waals surface area (Å²) in [7, 11) is -3.17. The predicted octanol–water partition coefficient (Wildman–Crippen LogP) is 1.28. The minimum atomic E-state index is -3.17. The SMILES string of the molecule is CS(N)(=O)=O.NC(=O)c1nc(N2CCCCC2)sc1Nc1ccccn1. The van der Waals surface area contributed by atoms with E-state index in [1.165, 1.54) is 17.8 Å². The molecular formula is C15H22N6O3S2. The molecule has 3 heterocycles. The summed E-state index contributed by atoms with van der Waals surface area (Å²) in [4.78, 5) is 22.4. The van der Waals surface area contributed by atoms with Gasteiger partial charge in [-0.25, -0.2) is 23.5 Å². The molecule has 1 saturated heterocycles. The van der Waals surface area contributed by atoms with Crippen molar-refractivity contribution >= 4 is 43.2 Å². The molecule has 1 amide bonds. The second-order valence-corrected chi connectivity index (χ2v) is 8.39. The zero-order chi connectivity index (χ0) is 19.2. The van der Waals surface area contributed by atoms with Crippen molar-refractivity contribution in [2.45, 2.75) is 19.3 Å². The van der Waals surface area contributed by atoms with Gasteiger partial charge in [-0.1, -0.05) is 17.4 Å². The fourth-order valence-corrected chi connectivity index (χ4v) is 3.36. The summed E-state index contributed by atoms with van der Waals surface area (Å²) in [6.45, 7) is 1.96. The number of sulfonamides is 1. The summed E-state index contributed by atoms with van der Waals surface area (Å²) in [5, 5.41) is 8.96. The zero-order valence-corrected chi connectivity index (χ0v) is 16.0. The number of amides is 1. The third-order valence-corrected chi connectivity index (χ3v) is 4.41. The Bertz CT molecular complexity index is 824. The Hall–Kier alpha value is -2.24. The van der Waals surface area contributed by atoms with E-state index < -0.39 is 15.9 Å².